The van der Waals surface area contributed by atoms with Gasteiger partial charge in [0.15, 0.2) is 0 Å². The first kappa shape index (κ1) is 16.0. The van der Waals surface area contributed by atoms with E-state index in [0.717, 1.165) is 25.2 Å². The molecule has 1 saturated heterocycles. The zero-order chi connectivity index (χ0) is 15.5. The summed E-state index contributed by atoms with van der Waals surface area (Å²) < 4.78 is 0. The second-order valence-corrected chi connectivity index (χ2v) is 6.78. The molecule has 0 aliphatic carbocycles. The molecule has 2 heterocycles. The molecule has 0 unspecified atom stereocenters. The number of hydrogen-bond donors (Lipinski definition) is 1. The van der Waals surface area contributed by atoms with E-state index in [1.807, 2.05) is 26.3 Å². The highest BCUT2D eigenvalue weighted by Gasteiger charge is 2.40. The van der Waals surface area contributed by atoms with Crippen molar-refractivity contribution < 1.29 is 9.90 Å². The Morgan fingerprint density at radius 3 is 2.90 bits per heavy atom. The smallest absolute Gasteiger partial charge is 0.242 e. The van der Waals surface area contributed by atoms with Gasteiger partial charge in [-0.2, -0.15) is 0 Å². The zero-order valence-electron chi connectivity index (χ0n) is 12.8. The molecule has 1 N–H and O–H groups in total. The Hall–Kier alpha value is -1.35. The third-order valence-corrected chi connectivity index (χ3v) is 4.76. The average molecular weight is 306 g/mol. The van der Waals surface area contributed by atoms with Gasteiger partial charge in [-0.05, 0) is 19.9 Å². The van der Waals surface area contributed by atoms with Crippen LogP contribution in [0.25, 0.3) is 0 Å². The molecule has 0 saturated carbocycles. The maximum atomic E-state index is 12.3. The fourth-order valence-electron chi connectivity index (χ4n) is 2.47. The zero-order valence-corrected chi connectivity index (χ0v) is 13.7. The molecule has 0 atom stereocenters. The first-order chi connectivity index (χ1) is 9.95. The van der Waals surface area contributed by atoms with Crippen molar-refractivity contribution in [3.63, 3.8) is 0 Å². The van der Waals surface area contributed by atoms with Gasteiger partial charge < -0.3 is 10.0 Å². The molecule has 2 rings (SSSR count). The fraction of sp³-hybridized carbons (Fsp3) is 0.562. The number of thiophene rings is 1. The van der Waals surface area contributed by atoms with Gasteiger partial charge in [0, 0.05) is 48.9 Å². The van der Waals surface area contributed by atoms with Crippen molar-refractivity contribution in [3.8, 4) is 11.8 Å². The Morgan fingerprint density at radius 2 is 2.19 bits per heavy atom. The SMILES string of the molecule is CN1CCN(Cc2cc(C#CCCO)cs2)C(C)(C)C1=O. The molecule has 1 aromatic rings. The van der Waals surface area contributed by atoms with Crippen molar-refractivity contribution in [3.05, 3.63) is 21.9 Å². The van der Waals surface area contributed by atoms with Crippen LogP contribution in [0.2, 0.25) is 0 Å². The van der Waals surface area contributed by atoms with Gasteiger partial charge in [0.2, 0.25) is 5.91 Å². The normalized spacial score (nSPS) is 18.5. The van der Waals surface area contributed by atoms with Gasteiger partial charge in [-0.15, -0.1) is 11.3 Å². The second-order valence-electron chi connectivity index (χ2n) is 5.78. The Bertz CT molecular complexity index is 568. The van der Waals surface area contributed by atoms with Crippen LogP contribution in [0.15, 0.2) is 11.4 Å². The van der Waals surface area contributed by atoms with Crippen LogP contribution >= 0.6 is 11.3 Å². The lowest BCUT2D eigenvalue weighted by Crippen LogP contribution is -2.61. The molecular weight excluding hydrogens is 284 g/mol. The number of carbonyl (C=O) groups is 1. The largest absolute Gasteiger partial charge is 0.395 e. The third-order valence-electron chi connectivity index (χ3n) is 3.84. The maximum absolute atomic E-state index is 12.3. The van der Waals surface area contributed by atoms with Gasteiger partial charge in [0.25, 0.3) is 0 Å². The van der Waals surface area contributed by atoms with Crippen molar-refractivity contribution in [2.24, 2.45) is 0 Å². The summed E-state index contributed by atoms with van der Waals surface area (Å²) in [4.78, 5) is 17.5. The summed E-state index contributed by atoms with van der Waals surface area (Å²) in [6, 6.07) is 2.08. The van der Waals surface area contributed by atoms with E-state index >= 15 is 0 Å². The first-order valence-electron chi connectivity index (χ1n) is 7.13. The van der Waals surface area contributed by atoms with E-state index in [2.05, 4.69) is 22.8 Å². The molecule has 4 nitrogen and oxygen atoms in total. The molecule has 1 amide bonds. The number of likely N-dealkylation sites (N-methyl/N-ethyl adjacent to an activating group) is 1. The number of aliphatic hydroxyl groups is 1. The van der Waals surface area contributed by atoms with Crippen LogP contribution in [0.3, 0.4) is 0 Å². The second kappa shape index (κ2) is 6.61. The number of carbonyl (C=O) groups excluding carboxylic acids is 1. The quantitative estimate of drug-likeness (QED) is 0.862. The van der Waals surface area contributed by atoms with Gasteiger partial charge in [0.05, 0.1) is 12.1 Å². The van der Waals surface area contributed by atoms with Gasteiger partial charge in [-0.3, -0.25) is 9.69 Å². The van der Waals surface area contributed by atoms with E-state index in [1.54, 1.807) is 16.2 Å². The number of amides is 1. The summed E-state index contributed by atoms with van der Waals surface area (Å²) in [6.07, 6.45) is 0.505. The number of hydrogen-bond acceptors (Lipinski definition) is 4. The Morgan fingerprint density at radius 1 is 1.43 bits per heavy atom. The van der Waals surface area contributed by atoms with E-state index in [9.17, 15) is 4.79 Å². The first-order valence-corrected chi connectivity index (χ1v) is 8.01. The maximum Gasteiger partial charge on any atom is 0.242 e. The highest BCUT2D eigenvalue weighted by molar-refractivity contribution is 7.10. The van der Waals surface area contributed by atoms with Crippen LogP contribution in [0.5, 0.6) is 0 Å². The van der Waals surface area contributed by atoms with Crippen LogP contribution in [-0.2, 0) is 11.3 Å². The van der Waals surface area contributed by atoms with Gasteiger partial charge in [-0.1, -0.05) is 11.8 Å². The summed E-state index contributed by atoms with van der Waals surface area (Å²) in [5.41, 5.74) is 0.529. The lowest BCUT2D eigenvalue weighted by molar-refractivity contribution is -0.147. The molecule has 0 spiro atoms. The molecule has 0 bridgehead atoms. The van der Waals surface area contributed by atoms with E-state index in [-0.39, 0.29) is 12.5 Å². The average Bonchev–Trinajstić information content (AvgIpc) is 2.88. The minimum absolute atomic E-state index is 0.0988. The molecule has 1 aliphatic rings. The van der Waals surface area contributed by atoms with Crippen molar-refractivity contribution in [1.82, 2.24) is 9.80 Å². The van der Waals surface area contributed by atoms with Crippen molar-refractivity contribution in [2.45, 2.75) is 32.4 Å². The van der Waals surface area contributed by atoms with Crippen LogP contribution in [0.1, 0.15) is 30.7 Å². The molecular formula is C16H22N2O2S. The van der Waals surface area contributed by atoms with Crippen LogP contribution in [0, 0.1) is 11.8 Å². The van der Waals surface area contributed by atoms with Crippen molar-refractivity contribution >= 4 is 17.2 Å². The molecule has 1 fully saturated rings. The number of rotatable bonds is 3. The molecule has 5 heteroatoms. The number of piperazine rings is 1. The molecule has 1 aromatic heterocycles. The van der Waals surface area contributed by atoms with Gasteiger partial charge >= 0.3 is 0 Å². The van der Waals surface area contributed by atoms with E-state index in [4.69, 9.17) is 5.11 Å². The molecule has 0 radical (unpaired) electrons. The summed E-state index contributed by atoms with van der Waals surface area (Å²) in [6.45, 7) is 6.51. The lowest BCUT2D eigenvalue weighted by atomic mass is 9.98. The lowest BCUT2D eigenvalue weighted by Gasteiger charge is -2.44. The van der Waals surface area contributed by atoms with E-state index in [0.29, 0.717) is 6.42 Å². The van der Waals surface area contributed by atoms with E-state index < -0.39 is 5.54 Å². The van der Waals surface area contributed by atoms with Crippen LogP contribution in [0.4, 0.5) is 0 Å². The van der Waals surface area contributed by atoms with E-state index in [1.165, 1.54) is 4.88 Å². The number of aliphatic hydroxyl groups excluding tert-OH is 1. The van der Waals surface area contributed by atoms with Crippen LogP contribution in [-0.4, -0.2) is 53.1 Å². The Balaban J connectivity index is 2.05. The van der Waals surface area contributed by atoms with Gasteiger partial charge in [0.1, 0.15) is 0 Å². The highest BCUT2D eigenvalue weighted by Crippen LogP contribution is 2.26. The highest BCUT2D eigenvalue weighted by atomic mass is 32.1. The standard InChI is InChI=1S/C16H22N2O2S/c1-16(2)15(20)17(3)7-8-18(16)11-14-10-13(12-21-14)6-4-5-9-19/h10,12,19H,5,7-9,11H2,1-3H3. The Kier molecular flexibility index (Phi) is 5.04. The summed E-state index contributed by atoms with van der Waals surface area (Å²) in [5, 5.41) is 10.8. The predicted molar refractivity (Wildman–Crippen MR) is 85.0 cm³/mol. The van der Waals surface area contributed by atoms with Gasteiger partial charge in [-0.25, -0.2) is 0 Å². The summed E-state index contributed by atoms with van der Waals surface area (Å²) in [7, 11) is 1.86. The molecule has 21 heavy (non-hydrogen) atoms. The topological polar surface area (TPSA) is 43.8 Å². The Labute approximate surface area is 130 Å². The minimum Gasteiger partial charge on any atom is -0.395 e. The molecule has 0 aromatic carbocycles. The minimum atomic E-state index is -0.459. The fourth-order valence-corrected chi connectivity index (χ4v) is 3.30. The van der Waals surface area contributed by atoms with Crippen molar-refractivity contribution in [2.75, 3.05) is 26.7 Å². The third kappa shape index (κ3) is 3.65. The number of nitrogens with zero attached hydrogens (tertiary/aromatic N) is 2. The monoisotopic (exact) mass is 306 g/mol. The van der Waals surface area contributed by atoms with Crippen molar-refractivity contribution in [1.29, 1.82) is 0 Å². The summed E-state index contributed by atoms with van der Waals surface area (Å²) >= 11 is 1.67. The van der Waals surface area contributed by atoms with Crippen LogP contribution < -0.4 is 0 Å². The molecule has 114 valence electrons. The predicted octanol–water partition coefficient (Wildman–Crippen LogP) is 1.53. The summed E-state index contributed by atoms with van der Waals surface area (Å²) in [5.74, 6) is 6.15. The molecule has 1 aliphatic heterocycles.